The predicted molar refractivity (Wildman–Crippen MR) is 65.2 cm³/mol. The molecule has 1 saturated carbocycles. The van der Waals surface area contributed by atoms with Gasteiger partial charge in [-0.05, 0) is 25.7 Å². The summed E-state index contributed by atoms with van der Waals surface area (Å²) < 4.78 is 66.4. The second-order valence-corrected chi connectivity index (χ2v) is 6.86. The highest BCUT2D eigenvalue weighted by Crippen LogP contribution is 2.28. The molecule has 2 atom stereocenters. The molecule has 1 fully saturated rings. The van der Waals surface area contributed by atoms with E-state index in [2.05, 4.69) is 4.72 Å². The Hall–Kier alpha value is -0.340. The van der Waals surface area contributed by atoms with E-state index in [1.54, 1.807) is 0 Å². The average Bonchev–Trinajstić information content (AvgIpc) is 2.34. The molecule has 1 aliphatic rings. The third-order valence-electron chi connectivity index (χ3n) is 3.25. The Kier molecular flexibility index (Phi) is 6.07. The first-order chi connectivity index (χ1) is 8.73. The molecule has 0 unspecified atom stereocenters. The van der Waals surface area contributed by atoms with Crippen LogP contribution in [0.3, 0.4) is 0 Å². The van der Waals surface area contributed by atoms with Crippen LogP contribution in [0.1, 0.15) is 32.6 Å². The quantitative estimate of drug-likeness (QED) is 0.817. The molecule has 0 amide bonds. The maximum atomic E-state index is 12.1. The predicted octanol–water partition coefficient (Wildman–Crippen LogP) is 2.06. The molecule has 0 aromatic rings. The summed E-state index contributed by atoms with van der Waals surface area (Å²) in [6.07, 6.45) is -1.91. The van der Waals surface area contributed by atoms with Crippen LogP contribution < -0.4 is 4.72 Å². The van der Waals surface area contributed by atoms with Gasteiger partial charge in [0.05, 0.1) is 11.9 Å². The van der Waals surface area contributed by atoms with Crippen molar-refractivity contribution >= 4 is 10.0 Å². The monoisotopic (exact) mass is 303 g/mol. The number of nitrogens with one attached hydrogen (secondary N) is 1. The molecule has 0 aromatic carbocycles. The van der Waals surface area contributed by atoms with Crippen molar-refractivity contribution in [2.45, 2.75) is 44.9 Å². The van der Waals surface area contributed by atoms with Crippen molar-refractivity contribution in [3.8, 4) is 0 Å². The van der Waals surface area contributed by atoms with Crippen molar-refractivity contribution in [1.82, 2.24) is 4.72 Å². The minimum Gasteiger partial charge on any atom is -0.368 e. The molecule has 1 rings (SSSR count). The molecule has 1 aliphatic carbocycles. The Morgan fingerprint density at radius 3 is 2.47 bits per heavy atom. The fourth-order valence-electron chi connectivity index (χ4n) is 2.16. The van der Waals surface area contributed by atoms with Gasteiger partial charge < -0.3 is 4.74 Å². The minimum absolute atomic E-state index is 0.0339. The number of alkyl halides is 3. The van der Waals surface area contributed by atoms with Gasteiger partial charge in [-0.3, -0.25) is 0 Å². The number of halogens is 3. The fraction of sp³-hybridized carbons (Fsp3) is 1.00. The summed E-state index contributed by atoms with van der Waals surface area (Å²) in [6.45, 7) is 0.397. The summed E-state index contributed by atoms with van der Waals surface area (Å²) in [5.41, 5.74) is 0. The first-order valence-corrected chi connectivity index (χ1v) is 8.04. The van der Waals surface area contributed by atoms with E-state index in [-0.39, 0.29) is 18.2 Å². The van der Waals surface area contributed by atoms with E-state index in [0.29, 0.717) is 12.8 Å². The molecule has 19 heavy (non-hydrogen) atoms. The number of hydrogen-bond acceptors (Lipinski definition) is 3. The van der Waals surface area contributed by atoms with Gasteiger partial charge in [-0.15, -0.1) is 0 Å². The molecule has 0 heterocycles. The maximum Gasteiger partial charge on any atom is 0.411 e. The Bertz CT molecular complexity index is 370. The summed E-state index contributed by atoms with van der Waals surface area (Å²) in [5, 5.41) is 0. The van der Waals surface area contributed by atoms with Crippen molar-refractivity contribution in [1.29, 1.82) is 0 Å². The fourth-order valence-corrected chi connectivity index (χ4v) is 2.84. The molecule has 0 aromatic heterocycles. The van der Waals surface area contributed by atoms with Crippen LogP contribution in [0.25, 0.3) is 0 Å². The highest BCUT2D eigenvalue weighted by Gasteiger charge is 2.33. The molecule has 8 heteroatoms. The van der Waals surface area contributed by atoms with E-state index in [1.165, 1.54) is 6.92 Å². The van der Waals surface area contributed by atoms with Gasteiger partial charge in [0.1, 0.15) is 6.61 Å². The SMILES string of the molecule is CCS(=O)(=O)NC[C@@H]1CCCC[C@@H]1OCC(F)(F)F. The number of sulfonamides is 1. The zero-order valence-electron chi connectivity index (χ0n) is 10.9. The molecule has 0 bridgehead atoms. The zero-order valence-corrected chi connectivity index (χ0v) is 11.7. The summed E-state index contributed by atoms with van der Waals surface area (Å²) in [7, 11) is -3.31. The van der Waals surface area contributed by atoms with E-state index in [0.717, 1.165) is 12.8 Å². The highest BCUT2D eigenvalue weighted by molar-refractivity contribution is 7.89. The van der Waals surface area contributed by atoms with Crippen LogP contribution in [-0.4, -0.2) is 39.6 Å². The smallest absolute Gasteiger partial charge is 0.368 e. The van der Waals surface area contributed by atoms with Crippen LogP contribution in [0.5, 0.6) is 0 Å². The summed E-state index contributed by atoms with van der Waals surface area (Å²) in [5.74, 6) is -0.217. The van der Waals surface area contributed by atoms with Gasteiger partial charge in [-0.25, -0.2) is 13.1 Å². The maximum absolute atomic E-state index is 12.1. The van der Waals surface area contributed by atoms with Crippen LogP contribution in [0, 0.1) is 5.92 Å². The molecule has 4 nitrogen and oxygen atoms in total. The lowest BCUT2D eigenvalue weighted by atomic mass is 9.86. The van der Waals surface area contributed by atoms with Crippen molar-refractivity contribution < 1.29 is 26.3 Å². The van der Waals surface area contributed by atoms with E-state index in [1.807, 2.05) is 0 Å². The van der Waals surface area contributed by atoms with Gasteiger partial charge in [0.25, 0.3) is 0 Å². The molecule has 114 valence electrons. The molecule has 1 N–H and O–H groups in total. The third-order valence-corrected chi connectivity index (χ3v) is 4.61. The van der Waals surface area contributed by atoms with Crippen LogP contribution >= 0.6 is 0 Å². The topological polar surface area (TPSA) is 55.4 Å². The summed E-state index contributed by atoms with van der Waals surface area (Å²) in [6, 6.07) is 0. The second-order valence-electron chi connectivity index (χ2n) is 4.76. The molecule has 0 aliphatic heterocycles. The van der Waals surface area contributed by atoms with Gasteiger partial charge >= 0.3 is 6.18 Å². The third kappa shape index (κ3) is 6.58. The zero-order chi connectivity index (χ0) is 14.5. The Morgan fingerprint density at radius 1 is 1.26 bits per heavy atom. The normalized spacial score (nSPS) is 25.5. The van der Waals surface area contributed by atoms with Gasteiger partial charge in [0.2, 0.25) is 10.0 Å². The van der Waals surface area contributed by atoms with E-state index in [9.17, 15) is 21.6 Å². The van der Waals surface area contributed by atoms with Gasteiger partial charge in [-0.2, -0.15) is 13.2 Å². The minimum atomic E-state index is -4.34. The second kappa shape index (κ2) is 6.90. The summed E-state index contributed by atoms with van der Waals surface area (Å²) >= 11 is 0. The van der Waals surface area contributed by atoms with Gasteiger partial charge in [-0.1, -0.05) is 12.8 Å². The highest BCUT2D eigenvalue weighted by atomic mass is 32.2. The molecule has 0 spiro atoms. The average molecular weight is 303 g/mol. The van der Waals surface area contributed by atoms with E-state index in [4.69, 9.17) is 4.74 Å². The first kappa shape index (κ1) is 16.7. The lowest BCUT2D eigenvalue weighted by molar-refractivity contribution is -0.193. The largest absolute Gasteiger partial charge is 0.411 e. The Morgan fingerprint density at radius 2 is 1.89 bits per heavy atom. The van der Waals surface area contributed by atoms with Gasteiger partial charge in [0.15, 0.2) is 0 Å². The summed E-state index contributed by atoms with van der Waals surface area (Å²) in [4.78, 5) is 0. The van der Waals surface area contributed by atoms with Crippen molar-refractivity contribution in [3.05, 3.63) is 0 Å². The van der Waals surface area contributed by atoms with Crippen molar-refractivity contribution in [2.75, 3.05) is 18.9 Å². The van der Waals surface area contributed by atoms with Gasteiger partial charge in [0, 0.05) is 6.54 Å². The van der Waals surface area contributed by atoms with E-state index >= 15 is 0 Å². The molecule has 0 radical (unpaired) electrons. The molecular weight excluding hydrogens is 283 g/mol. The number of rotatable bonds is 6. The number of ether oxygens (including phenoxy) is 1. The number of hydrogen-bond donors (Lipinski definition) is 1. The van der Waals surface area contributed by atoms with Crippen LogP contribution in [-0.2, 0) is 14.8 Å². The van der Waals surface area contributed by atoms with Crippen LogP contribution in [0.2, 0.25) is 0 Å². The lowest BCUT2D eigenvalue weighted by Crippen LogP contribution is -2.39. The van der Waals surface area contributed by atoms with Crippen LogP contribution in [0.15, 0.2) is 0 Å². The Labute approximate surface area is 111 Å². The van der Waals surface area contributed by atoms with Crippen LogP contribution in [0.4, 0.5) is 13.2 Å². The van der Waals surface area contributed by atoms with Crippen molar-refractivity contribution in [3.63, 3.8) is 0 Å². The Balaban J connectivity index is 2.48. The molecule has 0 saturated heterocycles. The van der Waals surface area contributed by atoms with Crippen molar-refractivity contribution in [2.24, 2.45) is 5.92 Å². The standard InChI is InChI=1S/C11H20F3NO3S/c1-2-19(16,17)15-7-9-5-3-4-6-10(9)18-8-11(12,13)14/h9-10,15H,2-8H2,1H3/t9-,10-/m0/s1. The molecular formula is C11H20F3NO3S. The first-order valence-electron chi connectivity index (χ1n) is 6.39. The lowest BCUT2D eigenvalue weighted by Gasteiger charge is -2.31. The van der Waals surface area contributed by atoms with E-state index < -0.39 is 28.9 Å².